The Hall–Kier alpha value is -6.18. The van der Waals surface area contributed by atoms with E-state index in [2.05, 4.69) is 195 Å². The van der Waals surface area contributed by atoms with Crippen molar-refractivity contribution in [2.24, 2.45) is 0 Å². The second kappa shape index (κ2) is 15.1. The maximum atomic E-state index is 2.57. The highest BCUT2D eigenvalue weighted by Gasteiger charge is 2.40. The first-order valence-electron chi connectivity index (χ1n) is 20.9. The first-order valence-corrected chi connectivity index (χ1v) is 20.9. The molecule has 0 atom stereocenters. The molecule has 0 radical (unpaired) electrons. The average Bonchev–Trinajstić information content (AvgIpc) is 3.79. The van der Waals surface area contributed by atoms with Gasteiger partial charge in [-0.2, -0.15) is 0 Å². The molecule has 280 valence electrons. The minimum Gasteiger partial charge on any atom is -0.310 e. The Kier molecular flexibility index (Phi) is 9.63. The molecule has 0 unspecified atom stereocenters. The van der Waals surface area contributed by atoms with E-state index >= 15 is 0 Å². The second-order valence-electron chi connectivity index (χ2n) is 15.9. The summed E-state index contributed by atoms with van der Waals surface area (Å²) in [6, 6.07) is 49.7. The third kappa shape index (κ3) is 6.27. The Morgan fingerprint density at radius 1 is 0.684 bits per heavy atom. The van der Waals surface area contributed by atoms with E-state index in [0.29, 0.717) is 0 Å². The van der Waals surface area contributed by atoms with Crippen molar-refractivity contribution in [2.45, 2.75) is 65.7 Å². The minimum atomic E-state index is -0.141. The molecule has 6 aromatic carbocycles. The molecule has 0 fully saturated rings. The molecule has 1 heterocycles. The van der Waals surface area contributed by atoms with Gasteiger partial charge in [-0.25, -0.2) is 0 Å². The van der Waals surface area contributed by atoms with Crippen molar-refractivity contribution in [3.63, 3.8) is 0 Å². The number of rotatable bonds is 6. The average molecular weight is 738 g/mol. The second-order valence-corrected chi connectivity index (χ2v) is 15.9. The maximum Gasteiger partial charge on any atom is 0.0543 e. The highest BCUT2D eigenvalue weighted by molar-refractivity contribution is 5.96. The first-order chi connectivity index (χ1) is 28.0. The number of fused-ring (bicyclic) bond motifs is 10. The van der Waals surface area contributed by atoms with E-state index in [9.17, 15) is 0 Å². The third-order valence-electron chi connectivity index (χ3n) is 12.3. The van der Waals surface area contributed by atoms with Gasteiger partial charge in [0.2, 0.25) is 0 Å². The zero-order valence-corrected chi connectivity index (χ0v) is 33.9. The monoisotopic (exact) mass is 737 g/mol. The van der Waals surface area contributed by atoms with Gasteiger partial charge in [0, 0.05) is 16.5 Å². The van der Waals surface area contributed by atoms with Crippen LogP contribution in [0.5, 0.6) is 0 Å². The largest absolute Gasteiger partial charge is 0.310 e. The molecule has 7 aromatic rings. The Balaban J connectivity index is 0.00000208. The number of aromatic nitrogens is 1. The van der Waals surface area contributed by atoms with Gasteiger partial charge in [-0.1, -0.05) is 173 Å². The molecule has 0 spiro atoms. The molecule has 0 bridgehead atoms. The van der Waals surface area contributed by atoms with Crippen LogP contribution in [-0.2, 0) is 18.3 Å². The minimum absolute atomic E-state index is 0.141. The summed E-state index contributed by atoms with van der Waals surface area (Å²) >= 11 is 0. The van der Waals surface area contributed by atoms with Crippen LogP contribution in [0.25, 0.3) is 61.6 Å². The summed E-state index contributed by atoms with van der Waals surface area (Å²) in [5, 5.41) is 1.35. The predicted octanol–water partition coefficient (Wildman–Crippen LogP) is 15.1. The topological polar surface area (TPSA) is 4.93 Å². The van der Waals surface area contributed by atoms with Crippen molar-refractivity contribution in [3.8, 4) is 39.1 Å². The molecule has 0 saturated carbocycles. The maximum absolute atomic E-state index is 2.57. The van der Waals surface area contributed by atoms with Crippen LogP contribution in [-0.4, -0.2) is 4.57 Å². The third-order valence-corrected chi connectivity index (χ3v) is 12.3. The smallest absolute Gasteiger partial charge is 0.0543 e. The summed E-state index contributed by atoms with van der Waals surface area (Å²) < 4.78 is 2.57. The van der Waals surface area contributed by atoms with Crippen LogP contribution in [0.3, 0.4) is 0 Å². The van der Waals surface area contributed by atoms with E-state index in [-0.39, 0.29) is 5.41 Å². The molecular formula is C56H51N. The number of aryl methyl sites for hydroxylation is 1. The lowest BCUT2D eigenvalue weighted by Gasteiger charge is -2.25. The van der Waals surface area contributed by atoms with Crippen molar-refractivity contribution in [3.05, 3.63) is 208 Å². The van der Waals surface area contributed by atoms with Crippen molar-refractivity contribution in [1.82, 2.24) is 4.57 Å². The van der Waals surface area contributed by atoms with Gasteiger partial charge in [-0.05, 0) is 135 Å². The van der Waals surface area contributed by atoms with E-state index in [0.717, 1.165) is 25.7 Å². The summed E-state index contributed by atoms with van der Waals surface area (Å²) in [5.74, 6) is 0. The highest BCUT2D eigenvalue weighted by atomic mass is 15.0. The first kappa shape index (κ1) is 36.5. The predicted molar refractivity (Wildman–Crippen MR) is 245 cm³/mol. The molecule has 3 aliphatic carbocycles. The summed E-state index contributed by atoms with van der Waals surface area (Å²) in [4.78, 5) is 0. The Bertz CT molecular complexity index is 2760. The van der Waals surface area contributed by atoms with Crippen molar-refractivity contribution in [2.75, 3.05) is 0 Å². The van der Waals surface area contributed by atoms with Gasteiger partial charge < -0.3 is 4.57 Å². The Morgan fingerprint density at radius 2 is 1.44 bits per heavy atom. The molecule has 1 nitrogen and oxygen atoms in total. The van der Waals surface area contributed by atoms with E-state index in [1.807, 2.05) is 13.8 Å². The lowest BCUT2D eigenvalue weighted by Crippen LogP contribution is -2.17. The molecule has 1 aromatic heterocycles. The van der Waals surface area contributed by atoms with Crippen molar-refractivity contribution >= 4 is 22.6 Å². The standard InChI is InChI=1S/C54H45N.C2H6/c1-4-15-37(38-18-7-5-8-19-38)23-13-16-36-17-14-25-46-47-29-26-40(39-20-9-6-10-21-39)34-51(47)55(50(46)32-36)43-28-31-45-48-30-27-42-33-41-22-11-12-24-44(41)52(42)53(48)54(2,3)49(45)35-43;1-2/h4-13,15-16,18-24,26-32,34-35H,14,17,25,33H2,1-3H3;1-2H3/b15-4-,16-13+,37-23+;. The van der Waals surface area contributed by atoms with E-state index in [4.69, 9.17) is 0 Å². The lowest BCUT2D eigenvalue weighted by atomic mass is 9.78. The zero-order chi connectivity index (χ0) is 39.1. The van der Waals surface area contributed by atoms with Crippen molar-refractivity contribution < 1.29 is 0 Å². The van der Waals surface area contributed by atoms with Gasteiger partial charge in [0.05, 0.1) is 11.2 Å². The number of nitrogens with zero attached hydrogens (tertiary/aromatic N) is 1. The van der Waals surface area contributed by atoms with Crippen LogP contribution >= 0.6 is 0 Å². The molecular weight excluding hydrogens is 687 g/mol. The fraction of sp³-hybridized carbons (Fsp3) is 0.179. The summed E-state index contributed by atoms with van der Waals surface area (Å²) in [5.41, 5.74) is 22.8. The number of hydrogen-bond donors (Lipinski definition) is 0. The van der Waals surface area contributed by atoms with Crippen LogP contribution in [0.4, 0.5) is 0 Å². The van der Waals surface area contributed by atoms with E-state index in [1.165, 1.54) is 100 Å². The fourth-order valence-electron chi connectivity index (χ4n) is 9.72. The number of hydrogen-bond acceptors (Lipinski definition) is 0. The normalized spacial score (nSPS) is 15.0. The Labute approximate surface area is 339 Å². The lowest BCUT2D eigenvalue weighted by molar-refractivity contribution is 0.661. The highest BCUT2D eigenvalue weighted by Crippen LogP contribution is 2.56. The molecule has 57 heavy (non-hydrogen) atoms. The van der Waals surface area contributed by atoms with Gasteiger partial charge in [0.15, 0.2) is 0 Å². The van der Waals surface area contributed by atoms with Gasteiger partial charge in [0.25, 0.3) is 0 Å². The zero-order valence-electron chi connectivity index (χ0n) is 33.9. The molecule has 0 amide bonds. The molecule has 3 aliphatic rings. The molecule has 1 heteroatoms. The molecule has 0 saturated heterocycles. The van der Waals surface area contributed by atoms with Crippen molar-refractivity contribution in [1.29, 1.82) is 0 Å². The van der Waals surface area contributed by atoms with E-state index < -0.39 is 0 Å². The van der Waals surface area contributed by atoms with Gasteiger partial charge in [-0.15, -0.1) is 0 Å². The van der Waals surface area contributed by atoms with Gasteiger partial charge in [-0.3, -0.25) is 0 Å². The molecule has 0 N–H and O–H groups in total. The SMILES string of the molecule is CC.C\C=C/C(=C\C=C\C1=Cc2c(c3ccc(-c4ccccc4)cc3n2-c2ccc3c(c2)C(C)(C)c2c-3ccc3c2-c2ccccc2C3)CCC1)c1ccccc1. The number of allylic oxidation sites excluding steroid dienone is 7. The summed E-state index contributed by atoms with van der Waals surface area (Å²) in [6.45, 7) is 11.0. The molecule has 10 rings (SSSR count). The van der Waals surface area contributed by atoms with Crippen LogP contribution in [0, 0.1) is 0 Å². The fourth-order valence-corrected chi connectivity index (χ4v) is 9.72. The summed E-state index contributed by atoms with van der Waals surface area (Å²) in [6.07, 6.45) is 17.8. The quantitative estimate of drug-likeness (QED) is 0.150. The van der Waals surface area contributed by atoms with Crippen LogP contribution in [0.1, 0.15) is 86.5 Å². The van der Waals surface area contributed by atoms with Gasteiger partial charge >= 0.3 is 0 Å². The van der Waals surface area contributed by atoms with Gasteiger partial charge in [0.1, 0.15) is 0 Å². The van der Waals surface area contributed by atoms with Crippen LogP contribution in [0.15, 0.2) is 169 Å². The van der Waals surface area contributed by atoms with Crippen LogP contribution in [0.2, 0.25) is 0 Å². The Morgan fingerprint density at radius 3 is 2.25 bits per heavy atom. The van der Waals surface area contributed by atoms with E-state index in [1.54, 1.807) is 0 Å². The van der Waals surface area contributed by atoms with Crippen LogP contribution < -0.4 is 0 Å². The molecule has 0 aliphatic heterocycles. The number of benzene rings is 6. The summed E-state index contributed by atoms with van der Waals surface area (Å²) in [7, 11) is 0.